The van der Waals surface area contributed by atoms with Crippen LogP contribution in [0.4, 0.5) is 11.4 Å². The topological polar surface area (TPSA) is 161 Å². The molecule has 0 saturated heterocycles. The van der Waals surface area contributed by atoms with Crippen LogP contribution in [-0.4, -0.2) is 32.0 Å². The van der Waals surface area contributed by atoms with Gasteiger partial charge in [0, 0.05) is 12.1 Å². The molecule has 2 rings (SSSR count). The lowest BCUT2D eigenvalue weighted by Crippen LogP contribution is -2.04. The molecule has 0 unspecified atom stereocenters. The molecule has 2 aromatic carbocycles. The summed E-state index contributed by atoms with van der Waals surface area (Å²) in [5.74, 6) is -2.97. The third-order valence-corrected chi connectivity index (χ3v) is 3.18. The van der Waals surface area contributed by atoms with Gasteiger partial charge in [-0.15, -0.1) is 0 Å². The molecule has 0 fully saturated rings. The Hall–Kier alpha value is -3.82. The van der Waals surface area contributed by atoms with Crippen molar-refractivity contribution in [1.29, 1.82) is 0 Å². The third-order valence-electron chi connectivity index (χ3n) is 3.18. The standard InChI is InChI=1S/C14H8N2O8/c17-13(18)9-3-1-7(5-11(9)15(21)22)8-2-4-10(14(19)20)12(6-8)16(23)24/h1-6H,(H,17,18)(H,19,20). The Kier molecular flexibility index (Phi) is 4.22. The van der Waals surface area contributed by atoms with Gasteiger partial charge in [-0.05, 0) is 23.3 Å². The van der Waals surface area contributed by atoms with E-state index in [1.54, 1.807) is 0 Å². The van der Waals surface area contributed by atoms with Gasteiger partial charge < -0.3 is 10.2 Å². The average Bonchev–Trinajstić information content (AvgIpc) is 2.53. The maximum Gasteiger partial charge on any atom is 0.342 e. The van der Waals surface area contributed by atoms with Crippen molar-refractivity contribution in [3.63, 3.8) is 0 Å². The van der Waals surface area contributed by atoms with Gasteiger partial charge in [0.05, 0.1) is 9.85 Å². The van der Waals surface area contributed by atoms with Crippen LogP contribution in [0.2, 0.25) is 0 Å². The summed E-state index contributed by atoms with van der Waals surface area (Å²) in [7, 11) is 0. The van der Waals surface area contributed by atoms with Crippen LogP contribution >= 0.6 is 0 Å². The lowest BCUT2D eigenvalue weighted by atomic mass is 10.00. The van der Waals surface area contributed by atoms with E-state index in [-0.39, 0.29) is 11.1 Å². The second-order valence-corrected chi connectivity index (χ2v) is 4.59. The normalized spacial score (nSPS) is 10.2. The summed E-state index contributed by atoms with van der Waals surface area (Å²) in [6.07, 6.45) is 0. The van der Waals surface area contributed by atoms with E-state index >= 15 is 0 Å². The lowest BCUT2D eigenvalue weighted by molar-refractivity contribution is -0.385. The van der Waals surface area contributed by atoms with Crippen molar-refractivity contribution >= 4 is 23.3 Å². The van der Waals surface area contributed by atoms with Gasteiger partial charge in [-0.1, -0.05) is 12.1 Å². The van der Waals surface area contributed by atoms with Crippen LogP contribution in [0, 0.1) is 20.2 Å². The first-order valence-corrected chi connectivity index (χ1v) is 6.26. The molecule has 0 radical (unpaired) electrons. The summed E-state index contributed by atoms with van der Waals surface area (Å²) in [4.78, 5) is 42.2. The van der Waals surface area contributed by atoms with Crippen molar-refractivity contribution < 1.29 is 29.6 Å². The number of hydrogen-bond acceptors (Lipinski definition) is 6. The van der Waals surface area contributed by atoms with E-state index in [2.05, 4.69) is 0 Å². The van der Waals surface area contributed by atoms with Crippen molar-refractivity contribution in [1.82, 2.24) is 0 Å². The highest BCUT2D eigenvalue weighted by Crippen LogP contribution is 2.31. The SMILES string of the molecule is O=C(O)c1ccc(-c2ccc(C(=O)O)c([N+](=O)[O-])c2)cc1[N+](=O)[O-]. The largest absolute Gasteiger partial charge is 0.477 e. The number of carboxylic acids is 2. The predicted molar refractivity (Wildman–Crippen MR) is 79.1 cm³/mol. The summed E-state index contributed by atoms with van der Waals surface area (Å²) in [6, 6.07) is 6.43. The minimum Gasteiger partial charge on any atom is -0.477 e. The van der Waals surface area contributed by atoms with E-state index in [9.17, 15) is 29.8 Å². The summed E-state index contributed by atoms with van der Waals surface area (Å²) in [5, 5.41) is 39.8. The smallest absolute Gasteiger partial charge is 0.342 e. The van der Waals surface area contributed by atoms with Crippen LogP contribution in [0.15, 0.2) is 36.4 Å². The molecule has 10 heteroatoms. The predicted octanol–water partition coefficient (Wildman–Crippen LogP) is 2.57. The fourth-order valence-corrected chi connectivity index (χ4v) is 2.09. The van der Waals surface area contributed by atoms with E-state index < -0.39 is 44.3 Å². The molecule has 2 N–H and O–H groups in total. The molecule has 0 aromatic heterocycles. The zero-order valence-electron chi connectivity index (χ0n) is 11.7. The molecule has 122 valence electrons. The molecule has 0 saturated carbocycles. The number of carboxylic acid groups (broad SMARTS) is 2. The number of hydrogen-bond donors (Lipinski definition) is 2. The fraction of sp³-hybridized carbons (Fsp3) is 0. The van der Waals surface area contributed by atoms with Crippen molar-refractivity contribution in [2.75, 3.05) is 0 Å². The molecule has 0 atom stereocenters. The van der Waals surface area contributed by atoms with Gasteiger partial charge in [0.25, 0.3) is 11.4 Å². The minimum atomic E-state index is -1.49. The van der Waals surface area contributed by atoms with Crippen molar-refractivity contribution in [3.8, 4) is 11.1 Å². The molecule has 24 heavy (non-hydrogen) atoms. The molecule has 0 heterocycles. The first-order chi connectivity index (χ1) is 11.2. The number of nitro groups is 2. The maximum absolute atomic E-state index is 11.0. The van der Waals surface area contributed by atoms with Gasteiger partial charge in [-0.2, -0.15) is 0 Å². The highest BCUT2D eigenvalue weighted by Gasteiger charge is 2.23. The number of carbonyl (C=O) groups is 2. The highest BCUT2D eigenvalue weighted by molar-refractivity contribution is 5.95. The molecular formula is C14H8N2O8. The number of nitro benzene ring substituents is 2. The third kappa shape index (κ3) is 3.02. The Bertz CT molecular complexity index is 817. The van der Waals surface area contributed by atoms with Crippen LogP contribution in [-0.2, 0) is 0 Å². The first-order valence-electron chi connectivity index (χ1n) is 6.26. The molecule has 0 aliphatic rings. The summed E-state index contributed by atoms with van der Waals surface area (Å²) in [6.45, 7) is 0. The van der Waals surface area contributed by atoms with Gasteiger partial charge in [0.2, 0.25) is 0 Å². The van der Waals surface area contributed by atoms with Crippen molar-refractivity contribution in [2.24, 2.45) is 0 Å². The Morgan fingerprint density at radius 3 is 1.33 bits per heavy atom. The van der Waals surface area contributed by atoms with Crippen LogP contribution < -0.4 is 0 Å². The molecule has 10 nitrogen and oxygen atoms in total. The molecule has 0 bridgehead atoms. The van der Waals surface area contributed by atoms with E-state index in [1.807, 2.05) is 0 Å². The fourth-order valence-electron chi connectivity index (χ4n) is 2.09. The van der Waals surface area contributed by atoms with E-state index in [0.717, 1.165) is 24.3 Å². The number of aromatic carboxylic acids is 2. The van der Waals surface area contributed by atoms with Gasteiger partial charge in [0.15, 0.2) is 0 Å². The summed E-state index contributed by atoms with van der Waals surface area (Å²) >= 11 is 0. The van der Waals surface area contributed by atoms with Crippen LogP contribution in [0.5, 0.6) is 0 Å². The first kappa shape index (κ1) is 16.5. The summed E-state index contributed by atoms with van der Waals surface area (Å²) in [5.41, 5.74) is -2.12. The van der Waals surface area contributed by atoms with Crippen molar-refractivity contribution in [2.45, 2.75) is 0 Å². The van der Waals surface area contributed by atoms with Gasteiger partial charge in [0.1, 0.15) is 11.1 Å². The highest BCUT2D eigenvalue weighted by atomic mass is 16.6. The molecule has 0 spiro atoms. The van der Waals surface area contributed by atoms with Gasteiger partial charge >= 0.3 is 11.9 Å². The van der Waals surface area contributed by atoms with Crippen molar-refractivity contribution in [3.05, 3.63) is 67.8 Å². The second kappa shape index (κ2) is 6.12. The van der Waals surface area contributed by atoms with Gasteiger partial charge in [-0.3, -0.25) is 20.2 Å². The van der Waals surface area contributed by atoms with Crippen LogP contribution in [0.3, 0.4) is 0 Å². The zero-order valence-corrected chi connectivity index (χ0v) is 11.7. The molecule has 0 aliphatic heterocycles. The van der Waals surface area contributed by atoms with Crippen LogP contribution in [0.1, 0.15) is 20.7 Å². The number of nitrogens with zero attached hydrogens (tertiary/aromatic N) is 2. The maximum atomic E-state index is 11.0. The molecule has 2 aromatic rings. The Morgan fingerprint density at radius 1 is 0.750 bits per heavy atom. The Labute approximate surface area is 132 Å². The van der Waals surface area contributed by atoms with Gasteiger partial charge in [-0.25, -0.2) is 9.59 Å². The average molecular weight is 332 g/mol. The number of benzene rings is 2. The van der Waals surface area contributed by atoms with Crippen LogP contribution in [0.25, 0.3) is 11.1 Å². The van der Waals surface area contributed by atoms with E-state index in [0.29, 0.717) is 0 Å². The van der Waals surface area contributed by atoms with E-state index in [4.69, 9.17) is 10.2 Å². The Morgan fingerprint density at radius 2 is 1.08 bits per heavy atom. The molecule has 0 aliphatic carbocycles. The van der Waals surface area contributed by atoms with E-state index in [1.165, 1.54) is 12.1 Å². The Balaban J connectivity index is 2.64. The lowest BCUT2D eigenvalue weighted by Gasteiger charge is -2.05. The second-order valence-electron chi connectivity index (χ2n) is 4.59. The zero-order chi connectivity index (χ0) is 18.0. The monoisotopic (exact) mass is 332 g/mol. The minimum absolute atomic E-state index is 0.145. The molecule has 0 amide bonds. The quantitative estimate of drug-likeness (QED) is 0.623. The summed E-state index contributed by atoms with van der Waals surface area (Å²) < 4.78 is 0. The molecular weight excluding hydrogens is 324 g/mol. The number of rotatable bonds is 5.